The summed E-state index contributed by atoms with van der Waals surface area (Å²) in [6, 6.07) is 0. The van der Waals surface area contributed by atoms with Gasteiger partial charge in [0.1, 0.15) is 7.85 Å². The van der Waals surface area contributed by atoms with Crippen LogP contribution in [0.15, 0.2) is 11.5 Å². The second-order valence-corrected chi connectivity index (χ2v) is 3.23. The first-order valence-electron chi connectivity index (χ1n) is 4.12. The summed E-state index contributed by atoms with van der Waals surface area (Å²) in [7, 11) is 5.89. The van der Waals surface area contributed by atoms with Crippen LogP contribution in [0.25, 0.3) is 0 Å². The summed E-state index contributed by atoms with van der Waals surface area (Å²) in [5.74, 6) is 0. The van der Waals surface area contributed by atoms with Gasteiger partial charge in [0.2, 0.25) is 0 Å². The molecule has 2 aliphatic rings. The van der Waals surface area contributed by atoms with Crippen molar-refractivity contribution in [3.05, 3.63) is 11.5 Å². The largest absolute Gasteiger partial charge is 0.381 e. The summed E-state index contributed by atoms with van der Waals surface area (Å²) in [5.41, 5.74) is 1.11. The smallest absolute Gasteiger partial charge is 0.109 e. The molecule has 0 unspecified atom stereocenters. The number of rotatable bonds is 0. The Balaban J connectivity index is 2.14. The maximum atomic E-state index is 5.89. The highest BCUT2D eigenvalue weighted by Gasteiger charge is 2.35. The van der Waals surface area contributed by atoms with E-state index in [1.54, 1.807) is 0 Å². The summed E-state index contributed by atoms with van der Waals surface area (Å²) in [4.78, 5) is 0. The monoisotopic (exact) mass is 149 g/mol. The minimum atomic E-state index is 0.0955. The van der Waals surface area contributed by atoms with Crippen molar-refractivity contribution in [1.29, 1.82) is 0 Å². The zero-order chi connectivity index (χ0) is 7.73. The van der Waals surface area contributed by atoms with E-state index in [-0.39, 0.29) is 5.54 Å². The molecule has 0 aromatic carbocycles. The fourth-order valence-electron chi connectivity index (χ4n) is 1.84. The maximum absolute atomic E-state index is 5.89. The summed E-state index contributed by atoms with van der Waals surface area (Å²) < 4.78 is 5.28. The first-order chi connectivity index (χ1) is 5.33. The third-order valence-electron chi connectivity index (χ3n) is 2.66. The molecule has 0 atom stereocenters. The molecular weight excluding hydrogens is 137 g/mol. The van der Waals surface area contributed by atoms with Gasteiger partial charge in [-0.2, -0.15) is 0 Å². The Morgan fingerprint density at radius 2 is 2.18 bits per heavy atom. The first-order valence-corrected chi connectivity index (χ1v) is 4.12. The summed E-state index contributed by atoms with van der Waals surface area (Å²) in [6.07, 6.45) is 4.12. The van der Waals surface area contributed by atoms with E-state index in [1.165, 1.54) is 0 Å². The van der Waals surface area contributed by atoms with Crippen molar-refractivity contribution in [3.8, 4) is 0 Å². The topological polar surface area (TPSA) is 21.3 Å². The molecule has 2 rings (SSSR count). The van der Waals surface area contributed by atoms with Crippen LogP contribution in [0, 0.1) is 0 Å². The molecule has 0 aliphatic carbocycles. The van der Waals surface area contributed by atoms with Crippen LogP contribution in [-0.4, -0.2) is 33.1 Å². The lowest BCUT2D eigenvalue weighted by Crippen LogP contribution is -2.47. The second-order valence-electron chi connectivity index (χ2n) is 3.23. The minimum Gasteiger partial charge on any atom is -0.381 e. The Bertz CT molecular complexity index is 185. The SMILES string of the molecule is [B]C1=CCNC12CCOCC2. The van der Waals surface area contributed by atoms with Gasteiger partial charge in [-0.3, -0.25) is 0 Å². The number of nitrogens with one attached hydrogen (secondary N) is 1. The lowest BCUT2D eigenvalue weighted by atomic mass is 9.74. The van der Waals surface area contributed by atoms with Crippen LogP contribution in [0.5, 0.6) is 0 Å². The van der Waals surface area contributed by atoms with Gasteiger partial charge in [0.15, 0.2) is 0 Å². The lowest BCUT2D eigenvalue weighted by molar-refractivity contribution is 0.0580. The quantitative estimate of drug-likeness (QED) is 0.496. The molecule has 2 heterocycles. The van der Waals surface area contributed by atoms with Gasteiger partial charge in [-0.15, -0.1) is 5.47 Å². The predicted molar refractivity (Wildman–Crippen MR) is 44.6 cm³/mol. The van der Waals surface area contributed by atoms with E-state index in [2.05, 4.69) is 11.4 Å². The third-order valence-corrected chi connectivity index (χ3v) is 2.66. The number of ether oxygens (including phenoxy) is 1. The summed E-state index contributed by atoms with van der Waals surface area (Å²) >= 11 is 0. The fraction of sp³-hybridized carbons (Fsp3) is 0.750. The van der Waals surface area contributed by atoms with Crippen LogP contribution in [0.2, 0.25) is 0 Å². The van der Waals surface area contributed by atoms with Crippen molar-refractivity contribution in [2.45, 2.75) is 18.4 Å². The highest BCUT2D eigenvalue weighted by molar-refractivity contribution is 6.23. The fourth-order valence-corrected chi connectivity index (χ4v) is 1.84. The third kappa shape index (κ3) is 1.12. The van der Waals surface area contributed by atoms with Crippen LogP contribution in [-0.2, 0) is 4.74 Å². The Morgan fingerprint density at radius 3 is 2.73 bits per heavy atom. The highest BCUT2D eigenvalue weighted by atomic mass is 16.5. The van der Waals surface area contributed by atoms with Crippen molar-refractivity contribution in [2.24, 2.45) is 0 Å². The molecule has 0 amide bonds. The molecule has 0 saturated carbocycles. The average molecular weight is 149 g/mol. The van der Waals surface area contributed by atoms with Crippen LogP contribution in [0.1, 0.15) is 12.8 Å². The van der Waals surface area contributed by atoms with Crippen LogP contribution in [0.3, 0.4) is 0 Å². The molecule has 0 aromatic heterocycles. The van der Waals surface area contributed by atoms with Crippen LogP contribution < -0.4 is 5.32 Å². The molecule has 1 saturated heterocycles. The molecule has 3 heteroatoms. The second kappa shape index (κ2) is 2.65. The predicted octanol–water partition coefficient (Wildman–Crippen LogP) is 0.191. The van der Waals surface area contributed by atoms with Crippen molar-refractivity contribution in [1.82, 2.24) is 5.32 Å². The van der Waals surface area contributed by atoms with Gasteiger partial charge in [-0.1, -0.05) is 6.08 Å². The molecule has 2 radical (unpaired) electrons. The van der Waals surface area contributed by atoms with E-state index in [1.807, 2.05) is 0 Å². The molecule has 11 heavy (non-hydrogen) atoms. The van der Waals surface area contributed by atoms with Crippen molar-refractivity contribution in [3.63, 3.8) is 0 Å². The van der Waals surface area contributed by atoms with E-state index in [9.17, 15) is 0 Å². The Morgan fingerprint density at radius 1 is 1.45 bits per heavy atom. The van der Waals surface area contributed by atoms with Gasteiger partial charge in [0.05, 0.1) is 0 Å². The van der Waals surface area contributed by atoms with Gasteiger partial charge in [-0.25, -0.2) is 0 Å². The summed E-state index contributed by atoms with van der Waals surface area (Å²) in [6.45, 7) is 2.59. The van der Waals surface area contributed by atoms with E-state index < -0.39 is 0 Å². The van der Waals surface area contributed by atoms with Crippen LogP contribution >= 0.6 is 0 Å². The molecule has 2 aliphatic heterocycles. The van der Waals surface area contributed by atoms with Crippen molar-refractivity contribution < 1.29 is 4.74 Å². The van der Waals surface area contributed by atoms with Gasteiger partial charge >= 0.3 is 0 Å². The van der Waals surface area contributed by atoms with Gasteiger partial charge in [-0.05, 0) is 12.8 Å². The van der Waals surface area contributed by atoms with E-state index in [0.717, 1.165) is 38.1 Å². The molecule has 58 valence electrons. The van der Waals surface area contributed by atoms with E-state index >= 15 is 0 Å². The average Bonchev–Trinajstić information content (AvgIpc) is 2.36. The Hall–Kier alpha value is -0.275. The van der Waals surface area contributed by atoms with Crippen LogP contribution in [0.4, 0.5) is 0 Å². The molecule has 2 nitrogen and oxygen atoms in total. The first kappa shape index (κ1) is 7.38. The maximum Gasteiger partial charge on any atom is 0.109 e. The zero-order valence-corrected chi connectivity index (χ0v) is 6.60. The van der Waals surface area contributed by atoms with Gasteiger partial charge < -0.3 is 10.1 Å². The molecule has 1 spiro atoms. The Labute approximate surface area is 68.4 Å². The Kier molecular flexibility index (Phi) is 1.78. The number of hydrogen-bond donors (Lipinski definition) is 1. The normalized spacial score (nSPS) is 28.9. The standard InChI is InChI=1S/C8H12BNO/c9-7-1-4-10-8(7)2-5-11-6-3-8/h1,10H,2-6H2. The minimum absolute atomic E-state index is 0.0955. The van der Waals surface area contributed by atoms with Crippen molar-refractivity contribution >= 4 is 7.85 Å². The van der Waals surface area contributed by atoms with E-state index in [0.29, 0.717) is 0 Å². The number of hydrogen-bond acceptors (Lipinski definition) is 2. The molecule has 1 N–H and O–H groups in total. The molecule has 0 aromatic rings. The highest BCUT2D eigenvalue weighted by Crippen LogP contribution is 2.29. The molecule has 1 fully saturated rings. The summed E-state index contributed by atoms with van der Waals surface area (Å²) in [5, 5.41) is 3.42. The molecule has 0 bridgehead atoms. The molecular formula is C8H12BNO. The van der Waals surface area contributed by atoms with Crippen molar-refractivity contribution in [2.75, 3.05) is 19.8 Å². The van der Waals surface area contributed by atoms with Gasteiger partial charge in [0, 0.05) is 25.3 Å². The van der Waals surface area contributed by atoms with E-state index in [4.69, 9.17) is 12.6 Å². The lowest BCUT2D eigenvalue weighted by Gasteiger charge is -2.36. The van der Waals surface area contributed by atoms with Gasteiger partial charge in [0.25, 0.3) is 0 Å². The zero-order valence-electron chi connectivity index (χ0n) is 6.60.